The number of piperazine rings is 1. The lowest BCUT2D eigenvalue weighted by Crippen LogP contribution is -2.52. The van der Waals surface area contributed by atoms with E-state index in [4.69, 9.17) is 0 Å². The molecule has 5 rings (SSSR count). The van der Waals surface area contributed by atoms with Gasteiger partial charge in [0, 0.05) is 37.2 Å². The first kappa shape index (κ1) is 18.4. The molecule has 1 aromatic rings. The lowest BCUT2D eigenvalue weighted by atomic mass is 10.0. The number of amides is 3. The lowest BCUT2D eigenvalue weighted by molar-refractivity contribution is -0.136. The van der Waals surface area contributed by atoms with Crippen LogP contribution in [0, 0.1) is 17.5 Å². The molecule has 2 N–H and O–H groups in total. The molecule has 154 valence electrons. The third-order valence-corrected chi connectivity index (χ3v) is 6.32. The van der Waals surface area contributed by atoms with Crippen molar-refractivity contribution >= 4 is 23.4 Å². The summed E-state index contributed by atoms with van der Waals surface area (Å²) in [5.74, 6) is -5.81. The van der Waals surface area contributed by atoms with Crippen LogP contribution < -0.4 is 15.5 Å². The van der Waals surface area contributed by atoms with Gasteiger partial charge in [0.25, 0.3) is 5.91 Å². The zero-order valence-electron chi connectivity index (χ0n) is 15.4. The van der Waals surface area contributed by atoms with Gasteiger partial charge >= 0.3 is 0 Å². The maximum Gasteiger partial charge on any atom is 0.258 e. The van der Waals surface area contributed by atoms with E-state index >= 15 is 4.39 Å². The number of nitrogens with zero attached hydrogens (tertiary/aromatic N) is 2. The van der Waals surface area contributed by atoms with Crippen molar-refractivity contribution in [3.8, 4) is 0 Å². The first-order valence-electron chi connectivity index (χ1n) is 9.70. The molecule has 10 heteroatoms. The number of carbonyl (C=O) groups is 3. The molecule has 4 aliphatic heterocycles. The number of hydrogen-bond acceptors (Lipinski definition) is 5. The average molecular weight is 408 g/mol. The van der Waals surface area contributed by atoms with Gasteiger partial charge in [-0.3, -0.25) is 19.7 Å². The summed E-state index contributed by atoms with van der Waals surface area (Å²) in [6, 6.07) is -0.844. The standard InChI is InChI=1S/C19H19F3N4O3/c20-14-10-7-26(11-3-4-12(27)24-18(11)28)19(29)13(10)15(21)16(22)17(14)25-5-8-1-2-9(6-25)23-8/h8-9,11,23H,1-7H2,(H,24,27,28). The molecule has 3 saturated heterocycles. The highest BCUT2D eigenvalue weighted by Crippen LogP contribution is 2.39. The molecule has 0 aliphatic carbocycles. The van der Waals surface area contributed by atoms with Crippen LogP contribution in [0.2, 0.25) is 0 Å². The molecule has 0 spiro atoms. The molecule has 4 heterocycles. The highest BCUT2D eigenvalue weighted by atomic mass is 19.2. The minimum Gasteiger partial charge on any atom is -0.364 e. The number of fused-ring (bicyclic) bond motifs is 3. The van der Waals surface area contributed by atoms with Crippen LogP contribution in [-0.4, -0.2) is 53.8 Å². The monoisotopic (exact) mass is 408 g/mol. The summed E-state index contributed by atoms with van der Waals surface area (Å²) in [6.07, 6.45) is 1.86. The van der Waals surface area contributed by atoms with Crippen LogP contribution in [0.3, 0.4) is 0 Å². The second-order valence-electron chi connectivity index (χ2n) is 8.09. The minimum absolute atomic E-state index is 0.0185. The van der Waals surface area contributed by atoms with Crippen LogP contribution in [0.15, 0.2) is 0 Å². The number of benzene rings is 1. The summed E-state index contributed by atoms with van der Waals surface area (Å²) >= 11 is 0. The van der Waals surface area contributed by atoms with Gasteiger partial charge in [-0.25, -0.2) is 13.2 Å². The molecule has 7 nitrogen and oxygen atoms in total. The smallest absolute Gasteiger partial charge is 0.258 e. The fraction of sp³-hybridized carbons (Fsp3) is 0.526. The van der Waals surface area contributed by atoms with Crippen LogP contribution in [0.4, 0.5) is 18.9 Å². The van der Waals surface area contributed by atoms with E-state index in [-0.39, 0.29) is 37.0 Å². The van der Waals surface area contributed by atoms with E-state index in [0.29, 0.717) is 13.1 Å². The maximum atomic E-state index is 15.3. The van der Waals surface area contributed by atoms with Gasteiger partial charge in [0.05, 0.1) is 12.1 Å². The fourth-order valence-corrected chi connectivity index (χ4v) is 4.94. The van der Waals surface area contributed by atoms with Crippen molar-refractivity contribution in [1.82, 2.24) is 15.5 Å². The Morgan fingerprint density at radius 3 is 2.24 bits per heavy atom. The van der Waals surface area contributed by atoms with Crippen LogP contribution >= 0.6 is 0 Å². The van der Waals surface area contributed by atoms with E-state index in [0.717, 1.165) is 17.7 Å². The van der Waals surface area contributed by atoms with Crippen LogP contribution in [0.25, 0.3) is 0 Å². The summed E-state index contributed by atoms with van der Waals surface area (Å²) in [4.78, 5) is 38.7. The predicted octanol–water partition coefficient (Wildman–Crippen LogP) is 0.806. The Morgan fingerprint density at radius 2 is 1.59 bits per heavy atom. The number of rotatable bonds is 2. The summed E-state index contributed by atoms with van der Waals surface area (Å²) in [6.45, 7) is 0.371. The molecular formula is C19H19F3N4O3. The quantitative estimate of drug-likeness (QED) is 0.559. The van der Waals surface area contributed by atoms with Crippen molar-refractivity contribution in [1.29, 1.82) is 0 Å². The molecule has 3 unspecified atom stereocenters. The van der Waals surface area contributed by atoms with E-state index in [1.54, 1.807) is 0 Å². The van der Waals surface area contributed by atoms with E-state index < -0.39 is 52.5 Å². The number of nitrogens with one attached hydrogen (secondary N) is 2. The second kappa shape index (κ2) is 6.45. The second-order valence-corrected chi connectivity index (χ2v) is 8.09. The molecule has 2 bridgehead atoms. The summed E-state index contributed by atoms with van der Waals surface area (Å²) < 4.78 is 45.1. The summed E-state index contributed by atoms with van der Waals surface area (Å²) in [5.41, 5.74) is -1.34. The molecule has 0 saturated carbocycles. The first-order valence-corrected chi connectivity index (χ1v) is 9.70. The molecule has 4 aliphatic rings. The first-order chi connectivity index (χ1) is 13.8. The van der Waals surface area contributed by atoms with Crippen molar-refractivity contribution in [3.05, 3.63) is 28.6 Å². The SMILES string of the molecule is O=C1CCC(N2Cc3c(F)c(N4CC5CCC(C4)N5)c(F)c(F)c3C2=O)C(=O)N1. The number of carbonyl (C=O) groups excluding carboxylic acids is 3. The van der Waals surface area contributed by atoms with Gasteiger partial charge in [0.15, 0.2) is 17.5 Å². The average Bonchev–Trinajstić information content (AvgIpc) is 3.19. The third kappa shape index (κ3) is 2.72. The Hall–Kier alpha value is -2.62. The van der Waals surface area contributed by atoms with E-state index in [1.807, 2.05) is 0 Å². The highest BCUT2D eigenvalue weighted by Gasteiger charge is 2.45. The van der Waals surface area contributed by atoms with Crippen LogP contribution in [-0.2, 0) is 16.1 Å². The topological polar surface area (TPSA) is 81.8 Å². The van der Waals surface area contributed by atoms with Gasteiger partial charge in [-0.05, 0) is 19.3 Å². The Kier molecular flexibility index (Phi) is 4.09. The highest BCUT2D eigenvalue weighted by molar-refractivity contribution is 6.05. The fourth-order valence-electron chi connectivity index (χ4n) is 4.94. The number of piperidine rings is 1. The van der Waals surface area contributed by atoms with Gasteiger partial charge in [-0.2, -0.15) is 0 Å². The summed E-state index contributed by atoms with van der Waals surface area (Å²) in [5, 5.41) is 5.47. The zero-order chi connectivity index (χ0) is 20.4. The zero-order valence-corrected chi connectivity index (χ0v) is 15.4. The number of imide groups is 1. The van der Waals surface area contributed by atoms with E-state index in [1.165, 1.54) is 4.90 Å². The van der Waals surface area contributed by atoms with Crippen molar-refractivity contribution in [2.75, 3.05) is 18.0 Å². The molecule has 3 amide bonds. The number of anilines is 1. The minimum atomic E-state index is -1.39. The molecule has 3 atom stereocenters. The van der Waals surface area contributed by atoms with Gasteiger partial charge in [-0.15, -0.1) is 0 Å². The molecular weight excluding hydrogens is 389 g/mol. The van der Waals surface area contributed by atoms with Gasteiger partial charge < -0.3 is 15.1 Å². The molecule has 29 heavy (non-hydrogen) atoms. The van der Waals surface area contributed by atoms with Crippen molar-refractivity contribution in [2.24, 2.45) is 0 Å². The maximum absolute atomic E-state index is 15.3. The Labute approximate surface area is 164 Å². The van der Waals surface area contributed by atoms with Crippen molar-refractivity contribution in [2.45, 2.75) is 50.4 Å². The predicted molar refractivity (Wildman–Crippen MR) is 94.5 cm³/mol. The van der Waals surface area contributed by atoms with E-state index in [2.05, 4.69) is 10.6 Å². The van der Waals surface area contributed by atoms with Gasteiger partial charge in [-0.1, -0.05) is 0 Å². The molecule has 3 fully saturated rings. The normalized spacial score (nSPS) is 28.8. The van der Waals surface area contributed by atoms with Crippen molar-refractivity contribution < 1.29 is 27.6 Å². The molecule has 0 aromatic heterocycles. The van der Waals surface area contributed by atoms with Gasteiger partial charge in [0.2, 0.25) is 11.8 Å². The van der Waals surface area contributed by atoms with Crippen molar-refractivity contribution in [3.63, 3.8) is 0 Å². The molecule has 0 radical (unpaired) electrons. The lowest BCUT2D eigenvalue weighted by Gasteiger charge is -2.35. The third-order valence-electron chi connectivity index (χ3n) is 6.32. The Morgan fingerprint density at radius 1 is 0.897 bits per heavy atom. The number of hydrogen-bond donors (Lipinski definition) is 2. The summed E-state index contributed by atoms with van der Waals surface area (Å²) in [7, 11) is 0. The van der Waals surface area contributed by atoms with E-state index in [9.17, 15) is 23.2 Å². The number of halogens is 3. The molecule has 1 aromatic carbocycles. The Balaban J connectivity index is 1.52. The Bertz CT molecular complexity index is 941. The van der Waals surface area contributed by atoms with Crippen LogP contribution in [0.5, 0.6) is 0 Å². The largest absolute Gasteiger partial charge is 0.364 e. The van der Waals surface area contributed by atoms with Gasteiger partial charge in [0.1, 0.15) is 11.7 Å². The van der Waals surface area contributed by atoms with Crippen LogP contribution in [0.1, 0.15) is 41.6 Å².